The molecule has 114 valence electrons. The van der Waals surface area contributed by atoms with Gasteiger partial charge in [-0.15, -0.1) is 15.3 Å². The van der Waals surface area contributed by atoms with Crippen LogP contribution in [0.15, 0.2) is 46.5 Å². The molecule has 4 rings (SSSR count). The topological polar surface area (TPSA) is 78.0 Å². The summed E-state index contributed by atoms with van der Waals surface area (Å²) < 4.78 is 2.96. The largest absolute Gasteiger partial charge is 0.285 e. The van der Waals surface area contributed by atoms with E-state index >= 15 is 0 Å². The van der Waals surface area contributed by atoms with Crippen LogP contribution in [0.3, 0.4) is 0 Å². The van der Waals surface area contributed by atoms with Crippen molar-refractivity contribution in [1.82, 2.24) is 29.4 Å². The molecule has 0 aliphatic heterocycles. The van der Waals surface area contributed by atoms with Gasteiger partial charge >= 0.3 is 0 Å². The molecule has 0 aliphatic carbocycles. The van der Waals surface area contributed by atoms with Gasteiger partial charge in [0.15, 0.2) is 5.52 Å². The lowest BCUT2D eigenvalue weighted by Crippen LogP contribution is -2.20. The van der Waals surface area contributed by atoms with E-state index in [1.807, 2.05) is 12.3 Å². The quantitative estimate of drug-likeness (QED) is 0.519. The normalized spacial score (nSPS) is 11.4. The molecular weight excluding hydrogens is 336 g/mol. The zero-order valence-electron chi connectivity index (χ0n) is 11.8. The summed E-state index contributed by atoms with van der Waals surface area (Å²) in [6.45, 7) is 0. The number of nitrogens with zero attached hydrogens (tertiary/aromatic N) is 6. The van der Waals surface area contributed by atoms with Gasteiger partial charge in [0.25, 0.3) is 11.3 Å². The van der Waals surface area contributed by atoms with Crippen LogP contribution in [-0.4, -0.2) is 35.6 Å². The highest BCUT2D eigenvalue weighted by atomic mass is 35.5. The van der Waals surface area contributed by atoms with Crippen LogP contribution in [0.4, 0.5) is 0 Å². The molecule has 0 N–H and O–H groups in total. The van der Waals surface area contributed by atoms with Gasteiger partial charge in [-0.1, -0.05) is 35.5 Å². The number of benzene rings is 1. The van der Waals surface area contributed by atoms with Gasteiger partial charge in [0.05, 0.1) is 10.7 Å². The van der Waals surface area contributed by atoms with Crippen molar-refractivity contribution in [2.75, 3.05) is 6.26 Å². The summed E-state index contributed by atoms with van der Waals surface area (Å²) in [6, 6.07) is 8.86. The molecule has 0 spiro atoms. The maximum Gasteiger partial charge on any atom is 0.285 e. The van der Waals surface area contributed by atoms with Crippen LogP contribution < -0.4 is 5.56 Å². The third-order valence-corrected chi connectivity index (χ3v) is 4.24. The second kappa shape index (κ2) is 5.32. The number of aromatic nitrogens is 6. The average Bonchev–Trinajstić information content (AvgIpc) is 3.00. The number of rotatable bonds is 2. The first-order valence-electron chi connectivity index (χ1n) is 6.63. The van der Waals surface area contributed by atoms with Crippen molar-refractivity contribution in [3.8, 4) is 5.69 Å². The summed E-state index contributed by atoms with van der Waals surface area (Å²) in [5, 5.41) is 13.4. The van der Waals surface area contributed by atoms with Gasteiger partial charge in [0.2, 0.25) is 5.16 Å². The molecule has 9 heteroatoms. The Bertz CT molecular complexity index is 1110. The Morgan fingerprint density at radius 2 is 2.00 bits per heavy atom. The molecule has 0 bridgehead atoms. The predicted molar refractivity (Wildman–Crippen MR) is 88.5 cm³/mol. The SMILES string of the molecule is CSc1nc2nnc3c(=O)n(-c4ccccc4Cl)ccc3n2n1. The highest BCUT2D eigenvalue weighted by Gasteiger charge is 2.14. The second-order valence-electron chi connectivity index (χ2n) is 4.69. The Balaban J connectivity index is 2.04. The van der Waals surface area contributed by atoms with E-state index in [0.29, 0.717) is 27.2 Å². The van der Waals surface area contributed by atoms with Crippen molar-refractivity contribution in [3.63, 3.8) is 0 Å². The summed E-state index contributed by atoms with van der Waals surface area (Å²) in [4.78, 5) is 17.0. The van der Waals surface area contributed by atoms with Crippen LogP contribution in [0.1, 0.15) is 0 Å². The first-order valence-corrected chi connectivity index (χ1v) is 8.23. The third-order valence-electron chi connectivity index (χ3n) is 3.38. The van der Waals surface area contributed by atoms with Gasteiger partial charge in [-0.05, 0) is 24.5 Å². The van der Waals surface area contributed by atoms with Crippen molar-refractivity contribution in [2.45, 2.75) is 5.16 Å². The van der Waals surface area contributed by atoms with Crippen LogP contribution in [0.2, 0.25) is 5.02 Å². The molecule has 0 radical (unpaired) electrons. The zero-order chi connectivity index (χ0) is 16.0. The maximum absolute atomic E-state index is 12.7. The summed E-state index contributed by atoms with van der Waals surface area (Å²) in [5.41, 5.74) is 1.03. The number of halogens is 1. The average molecular weight is 345 g/mol. The lowest BCUT2D eigenvalue weighted by Gasteiger charge is -2.08. The van der Waals surface area contributed by atoms with Crippen LogP contribution in [0.5, 0.6) is 0 Å². The Labute approximate surface area is 138 Å². The summed E-state index contributed by atoms with van der Waals surface area (Å²) in [5.74, 6) is 0.358. The molecule has 0 atom stereocenters. The fourth-order valence-electron chi connectivity index (χ4n) is 2.31. The Hall–Kier alpha value is -2.45. The molecule has 0 saturated carbocycles. The molecule has 0 fully saturated rings. The summed E-state index contributed by atoms with van der Waals surface area (Å²) in [6.07, 6.45) is 3.52. The molecule has 0 aliphatic rings. The smallest absolute Gasteiger partial charge is 0.281 e. The van der Waals surface area contributed by atoms with Crippen molar-refractivity contribution >= 4 is 40.2 Å². The minimum absolute atomic E-state index is 0.206. The number of thioether (sulfide) groups is 1. The number of hydrogen-bond acceptors (Lipinski definition) is 6. The highest BCUT2D eigenvalue weighted by Crippen LogP contribution is 2.19. The monoisotopic (exact) mass is 344 g/mol. The lowest BCUT2D eigenvalue weighted by molar-refractivity contribution is 0.885. The summed E-state index contributed by atoms with van der Waals surface area (Å²) in [7, 11) is 0. The number of fused-ring (bicyclic) bond motifs is 3. The van der Waals surface area contributed by atoms with Crippen molar-refractivity contribution in [3.05, 3.63) is 51.9 Å². The molecule has 1 aromatic carbocycles. The van der Waals surface area contributed by atoms with Gasteiger partial charge in [-0.3, -0.25) is 9.36 Å². The Kier molecular flexibility index (Phi) is 3.28. The maximum atomic E-state index is 12.7. The number of pyridine rings is 1. The molecular formula is C14H9ClN6OS. The molecule has 3 aromatic heterocycles. The minimum atomic E-state index is -0.314. The van der Waals surface area contributed by atoms with E-state index in [9.17, 15) is 4.79 Å². The molecule has 0 unspecified atom stereocenters. The molecule has 0 saturated heterocycles. The van der Waals surface area contributed by atoms with Crippen LogP contribution in [-0.2, 0) is 0 Å². The van der Waals surface area contributed by atoms with E-state index in [0.717, 1.165) is 0 Å². The second-order valence-corrected chi connectivity index (χ2v) is 5.87. The molecule has 7 nitrogen and oxygen atoms in total. The van der Waals surface area contributed by atoms with Gasteiger partial charge in [0.1, 0.15) is 5.52 Å². The van der Waals surface area contributed by atoms with E-state index in [4.69, 9.17) is 11.6 Å². The minimum Gasteiger partial charge on any atom is -0.281 e. The fourth-order valence-corrected chi connectivity index (χ4v) is 2.87. The first-order chi connectivity index (χ1) is 11.2. The van der Waals surface area contributed by atoms with Crippen molar-refractivity contribution in [1.29, 1.82) is 0 Å². The van der Waals surface area contributed by atoms with E-state index < -0.39 is 0 Å². The predicted octanol–water partition coefficient (Wildman–Crippen LogP) is 2.20. The molecule has 0 amide bonds. The van der Waals surface area contributed by atoms with Gasteiger partial charge < -0.3 is 0 Å². The van der Waals surface area contributed by atoms with E-state index in [1.165, 1.54) is 20.8 Å². The number of para-hydroxylation sites is 1. The third kappa shape index (κ3) is 2.18. The zero-order valence-corrected chi connectivity index (χ0v) is 13.4. The molecule has 3 heterocycles. The first kappa shape index (κ1) is 14.2. The van der Waals surface area contributed by atoms with Crippen LogP contribution >= 0.6 is 23.4 Å². The van der Waals surface area contributed by atoms with E-state index in [2.05, 4.69) is 20.3 Å². The molecule has 4 aromatic rings. The Morgan fingerprint density at radius 3 is 2.78 bits per heavy atom. The van der Waals surface area contributed by atoms with E-state index in [1.54, 1.807) is 30.5 Å². The van der Waals surface area contributed by atoms with Crippen LogP contribution in [0.25, 0.3) is 22.5 Å². The van der Waals surface area contributed by atoms with Crippen molar-refractivity contribution in [2.24, 2.45) is 0 Å². The lowest BCUT2D eigenvalue weighted by atomic mass is 10.3. The fraction of sp³-hybridized carbons (Fsp3) is 0.0714. The number of hydrogen-bond donors (Lipinski definition) is 0. The standard InChI is InChI=1S/C14H9ClN6OS/c1-23-14-16-13-18-17-11-10(21(13)19-14)6-7-20(12(11)22)9-5-3-2-4-8(9)15/h2-7H,1H3. The van der Waals surface area contributed by atoms with Gasteiger partial charge in [0, 0.05) is 6.20 Å². The van der Waals surface area contributed by atoms with Gasteiger partial charge in [-0.2, -0.15) is 9.50 Å². The van der Waals surface area contributed by atoms with Crippen LogP contribution in [0, 0.1) is 0 Å². The highest BCUT2D eigenvalue weighted by molar-refractivity contribution is 7.98. The van der Waals surface area contributed by atoms with Gasteiger partial charge in [-0.25, -0.2) is 0 Å². The molecule has 23 heavy (non-hydrogen) atoms. The Morgan fingerprint density at radius 1 is 1.17 bits per heavy atom. The van der Waals surface area contributed by atoms with E-state index in [-0.39, 0.29) is 11.1 Å². The van der Waals surface area contributed by atoms with Crippen molar-refractivity contribution < 1.29 is 0 Å². The summed E-state index contributed by atoms with van der Waals surface area (Å²) >= 11 is 7.57.